The van der Waals surface area contributed by atoms with Crippen molar-refractivity contribution >= 4 is 17.6 Å². The third kappa shape index (κ3) is 2.42. The van der Waals surface area contributed by atoms with Crippen molar-refractivity contribution in [2.24, 2.45) is 0 Å². The van der Waals surface area contributed by atoms with Gasteiger partial charge in [-0.25, -0.2) is 0 Å². The Morgan fingerprint density at radius 3 is 2.95 bits per heavy atom. The maximum Gasteiger partial charge on any atom is 0.231 e. The average molecular weight is 276 g/mol. The van der Waals surface area contributed by atoms with Crippen molar-refractivity contribution < 1.29 is 19.0 Å². The summed E-state index contributed by atoms with van der Waals surface area (Å²) in [5, 5.41) is 0. The molecule has 2 heterocycles. The Morgan fingerprint density at radius 1 is 1.32 bits per heavy atom. The summed E-state index contributed by atoms with van der Waals surface area (Å²) < 4.78 is 16.2. The lowest BCUT2D eigenvalue weighted by atomic mass is 10.2. The molecule has 0 aliphatic carbocycles. The first-order chi connectivity index (χ1) is 9.26. The van der Waals surface area contributed by atoms with Gasteiger partial charge in [0, 0.05) is 16.5 Å². The monoisotopic (exact) mass is 276 g/mol. The van der Waals surface area contributed by atoms with Crippen LogP contribution in [-0.4, -0.2) is 13.1 Å². The summed E-state index contributed by atoms with van der Waals surface area (Å²) in [4.78, 5) is 12.5. The maximum absolute atomic E-state index is 10.7. The molecule has 1 aliphatic rings. The standard InChI is InChI=1S/C14H12O4S/c1-9-10(4-12(6-15)19-9)7-16-11-2-3-13-14(5-11)18-8-17-13/h2-6H,7-8H2,1H3. The fourth-order valence-corrected chi connectivity index (χ4v) is 2.73. The van der Waals surface area contributed by atoms with Gasteiger partial charge in [-0.15, -0.1) is 11.3 Å². The zero-order valence-corrected chi connectivity index (χ0v) is 11.2. The van der Waals surface area contributed by atoms with Crippen LogP contribution in [0.3, 0.4) is 0 Å². The van der Waals surface area contributed by atoms with E-state index in [2.05, 4.69) is 0 Å². The van der Waals surface area contributed by atoms with Crippen molar-refractivity contribution in [3.63, 3.8) is 0 Å². The third-order valence-electron chi connectivity index (χ3n) is 2.89. The predicted molar refractivity (Wildman–Crippen MR) is 71.3 cm³/mol. The van der Waals surface area contributed by atoms with Crippen molar-refractivity contribution in [1.82, 2.24) is 0 Å². The number of benzene rings is 1. The SMILES string of the molecule is Cc1sc(C=O)cc1COc1ccc2c(c1)OCO2. The molecular weight excluding hydrogens is 264 g/mol. The molecule has 3 rings (SSSR count). The van der Waals surface area contributed by atoms with Crippen LogP contribution >= 0.6 is 11.3 Å². The van der Waals surface area contributed by atoms with Crippen LogP contribution in [0.5, 0.6) is 17.2 Å². The van der Waals surface area contributed by atoms with E-state index in [0.717, 1.165) is 33.1 Å². The van der Waals surface area contributed by atoms with E-state index in [4.69, 9.17) is 14.2 Å². The molecular formula is C14H12O4S. The lowest BCUT2D eigenvalue weighted by Crippen LogP contribution is -1.95. The molecule has 0 saturated carbocycles. The van der Waals surface area contributed by atoms with Crippen molar-refractivity contribution in [3.8, 4) is 17.2 Å². The van der Waals surface area contributed by atoms with Gasteiger partial charge in [-0.3, -0.25) is 4.79 Å². The summed E-state index contributed by atoms with van der Waals surface area (Å²) in [5.41, 5.74) is 1.03. The van der Waals surface area contributed by atoms with E-state index in [1.807, 2.05) is 31.2 Å². The molecule has 5 heteroatoms. The van der Waals surface area contributed by atoms with Gasteiger partial charge in [0.25, 0.3) is 0 Å². The molecule has 19 heavy (non-hydrogen) atoms. The van der Waals surface area contributed by atoms with Gasteiger partial charge in [-0.05, 0) is 25.1 Å². The molecule has 98 valence electrons. The van der Waals surface area contributed by atoms with Gasteiger partial charge in [-0.1, -0.05) is 0 Å². The lowest BCUT2D eigenvalue weighted by molar-refractivity contribution is 0.112. The van der Waals surface area contributed by atoms with Crippen LogP contribution in [0.25, 0.3) is 0 Å². The van der Waals surface area contributed by atoms with Crippen molar-refractivity contribution in [3.05, 3.63) is 39.6 Å². The van der Waals surface area contributed by atoms with Gasteiger partial charge in [0.05, 0.1) is 4.88 Å². The van der Waals surface area contributed by atoms with Crippen LogP contribution in [-0.2, 0) is 6.61 Å². The Hall–Kier alpha value is -2.01. The number of aryl methyl sites for hydroxylation is 1. The number of aldehydes is 1. The maximum atomic E-state index is 10.7. The minimum atomic E-state index is 0.255. The Balaban J connectivity index is 1.72. The third-order valence-corrected chi connectivity index (χ3v) is 3.91. The number of hydrogen-bond donors (Lipinski definition) is 0. The van der Waals surface area contributed by atoms with Crippen LogP contribution in [0.1, 0.15) is 20.1 Å². The van der Waals surface area contributed by atoms with E-state index < -0.39 is 0 Å². The Bertz CT molecular complexity index is 618. The second-order valence-electron chi connectivity index (χ2n) is 4.15. The number of thiophene rings is 1. The summed E-state index contributed by atoms with van der Waals surface area (Å²) in [6.45, 7) is 2.68. The highest BCUT2D eigenvalue weighted by atomic mass is 32.1. The Labute approximate surface area is 114 Å². The Kier molecular flexibility index (Phi) is 3.13. The summed E-state index contributed by atoms with van der Waals surface area (Å²) >= 11 is 1.48. The second kappa shape index (κ2) is 4.93. The predicted octanol–water partition coefficient (Wildman–Crippen LogP) is 3.18. The molecule has 0 spiro atoms. The molecule has 0 amide bonds. The quantitative estimate of drug-likeness (QED) is 0.805. The molecule has 0 unspecified atom stereocenters. The molecule has 1 aromatic heterocycles. The summed E-state index contributed by atoms with van der Waals surface area (Å²) in [6.07, 6.45) is 0.863. The number of ether oxygens (including phenoxy) is 3. The van der Waals surface area contributed by atoms with Crippen LogP contribution in [0.15, 0.2) is 24.3 Å². The Morgan fingerprint density at radius 2 is 2.16 bits per heavy atom. The zero-order chi connectivity index (χ0) is 13.2. The fraction of sp³-hybridized carbons (Fsp3) is 0.214. The molecule has 0 fully saturated rings. The number of fused-ring (bicyclic) bond motifs is 1. The minimum absolute atomic E-state index is 0.255. The second-order valence-corrected chi connectivity index (χ2v) is 5.44. The minimum Gasteiger partial charge on any atom is -0.489 e. The largest absolute Gasteiger partial charge is 0.489 e. The average Bonchev–Trinajstić information content (AvgIpc) is 3.02. The first-order valence-electron chi connectivity index (χ1n) is 5.83. The molecule has 4 nitrogen and oxygen atoms in total. The summed E-state index contributed by atoms with van der Waals surface area (Å²) in [6, 6.07) is 7.34. The van der Waals surface area contributed by atoms with E-state index in [0.29, 0.717) is 12.4 Å². The van der Waals surface area contributed by atoms with Gasteiger partial charge in [0.15, 0.2) is 17.8 Å². The summed E-state index contributed by atoms with van der Waals surface area (Å²) in [5.74, 6) is 2.16. The zero-order valence-electron chi connectivity index (χ0n) is 10.3. The van der Waals surface area contributed by atoms with Gasteiger partial charge in [-0.2, -0.15) is 0 Å². The highest BCUT2D eigenvalue weighted by Gasteiger charge is 2.14. The van der Waals surface area contributed by atoms with Crippen LogP contribution in [0.4, 0.5) is 0 Å². The van der Waals surface area contributed by atoms with Gasteiger partial charge in [0.2, 0.25) is 6.79 Å². The molecule has 0 N–H and O–H groups in total. The van der Waals surface area contributed by atoms with Crippen LogP contribution in [0, 0.1) is 6.92 Å². The topological polar surface area (TPSA) is 44.8 Å². The van der Waals surface area contributed by atoms with E-state index in [9.17, 15) is 4.79 Å². The number of carbonyl (C=O) groups excluding carboxylic acids is 1. The molecule has 2 aromatic rings. The number of hydrogen-bond acceptors (Lipinski definition) is 5. The smallest absolute Gasteiger partial charge is 0.231 e. The molecule has 0 saturated heterocycles. The van der Waals surface area contributed by atoms with Crippen molar-refractivity contribution in [2.45, 2.75) is 13.5 Å². The van der Waals surface area contributed by atoms with Gasteiger partial charge >= 0.3 is 0 Å². The highest BCUT2D eigenvalue weighted by Crippen LogP contribution is 2.35. The van der Waals surface area contributed by atoms with Gasteiger partial charge in [0.1, 0.15) is 12.4 Å². The lowest BCUT2D eigenvalue weighted by Gasteiger charge is -2.06. The molecule has 0 radical (unpaired) electrons. The molecule has 0 atom stereocenters. The molecule has 1 aromatic carbocycles. The number of carbonyl (C=O) groups is 1. The van der Waals surface area contributed by atoms with E-state index in [1.54, 1.807) is 0 Å². The van der Waals surface area contributed by atoms with Crippen LogP contribution in [0.2, 0.25) is 0 Å². The first-order valence-corrected chi connectivity index (χ1v) is 6.65. The summed E-state index contributed by atoms with van der Waals surface area (Å²) in [7, 11) is 0. The fourth-order valence-electron chi connectivity index (χ4n) is 1.87. The normalized spacial score (nSPS) is 12.5. The van der Waals surface area contributed by atoms with Crippen LogP contribution < -0.4 is 14.2 Å². The van der Waals surface area contributed by atoms with Crippen molar-refractivity contribution in [2.75, 3.05) is 6.79 Å². The van der Waals surface area contributed by atoms with E-state index >= 15 is 0 Å². The number of rotatable bonds is 4. The van der Waals surface area contributed by atoms with Gasteiger partial charge < -0.3 is 14.2 Å². The molecule has 0 bridgehead atoms. The van der Waals surface area contributed by atoms with Crippen molar-refractivity contribution in [1.29, 1.82) is 0 Å². The van der Waals surface area contributed by atoms with E-state index in [-0.39, 0.29) is 6.79 Å². The highest BCUT2D eigenvalue weighted by molar-refractivity contribution is 7.13. The molecule has 1 aliphatic heterocycles. The van der Waals surface area contributed by atoms with E-state index in [1.165, 1.54) is 11.3 Å². The first kappa shape index (κ1) is 12.0.